The fraction of sp³-hybridized carbons (Fsp3) is 0.375. The maximum Gasteiger partial charge on any atom is 0.201 e. The number of rotatable bonds is 3. The minimum absolute atomic E-state index is 0.0218. The number of benzene rings is 1. The summed E-state index contributed by atoms with van der Waals surface area (Å²) in [5, 5.41) is 0. The maximum atomic E-state index is 14.2. The maximum absolute atomic E-state index is 14.2. The molecule has 0 N–H and O–H groups in total. The van der Waals surface area contributed by atoms with Crippen LogP contribution in [0.1, 0.15) is 24.3 Å². The van der Waals surface area contributed by atoms with Gasteiger partial charge in [0.2, 0.25) is 5.82 Å². The molecule has 0 amide bonds. The van der Waals surface area contributed by atoms with Crippen molar-refractivity contribution >= 4 is 11.3 Å². The van der Waals surface area contributed by atoms with Crippen LogP contribution in [0.5, 0.6) is 5.75 Å². The van der Waals surface area contributed by atoms with Crippen LogP contribution in [-0.4, -0.2) is 6.61 Å². The van der Waals surface area contributed by atoms with E-state index in [1.807, 2.05) is 6.07 Å². The molecule has 0 fully saturated rings. The molecule has 0 saturated heterocycles. The van der Waals surface area contributed by atoms with Crippen molar-refractivity contribution in [2.24, 2.45) is 5.92 Å². The summed E-state index contributed by atoms with van der Waals surface area (Å²) in [6.45, 7) is 4.28. The van der Waals surface area contributed by atoms with Gasteiger partial charge >= 0.3 is 0 Å². The molecule has 0 aliphatic heterocycles. The van der Waals surface area contributed by atoms with Crippen molar-refractivity contribution in [1.29, 1.82) is 0 Å². The van der Waals surface area contributed by atoms with Crippen molar-refractivity contribution in [3.63, 3.8) is 0 Å². The van der Waals surface area contributed by atoms with E-state index >= 15 is 0 Å². The van der Waals surface area contributed by atoms with Gasteiger partial charge in [-0.3, -0.25) is 0 Å². The molecular formula is C16H16F2OS. The van der Waals surface area contributed by atoms with Crippen LogP contribution in [-0.2, 0) is 12.8 Å². The van der Waals surface area contributed by atoms with E-state index in [9.17, 15) is 8.78 Å². The third-order valence-corrected chi connectivity index (χ3v) is 4.84. The lowest BCUT2D eigenvalue weighted by Gasteiger charge is -2.08. The Morgan fingerprint density at radius 3 is 2.75 bits per heavy atom. The summed E-state index contributed by atoms with van der Waals surface area (Å²) in [6, 6.07) is 5.11. The molecule has 1 aromatic heterocycles. The van der Waals surface area contributed by atoms with Crippen LogP contribution in [0.4, 0.5) is 8.78 Å². The smallest absolute Gasteiger partial charge is 0.201 e. The summed E-state index contributed by atoms with van der Waals surface area (Å²) < 4.78 is 33.1. The van der Waals surface area contributed by atoms with Gasteiger partial charge in [-0.05, 0) is 49.4 Å². The first kappa shape index (κ1) is 13.6. The van der Waals surface area contributed by atoms with E-state index in [0.29, 0.717) is 18.1 Å². The second-order valence-electron chi connectivity index (χ2n) is 5.24. The third-order valence-electron chi connectivity index (χ3n) is 3.61. The molecule has 4 heteroatoms. The predicted octanol–water partition coefficient (Wildman–Crippen LogP) is 4.83. The lowest BCUT2D eigenvalue weighted by molar-refractivity contribution is 0.314. The fourth-order valence-electron chi connectivity index (χ4n) is 2.70. The molecule has 1 aliphatic carbocycles. The molecule has 0 saturated carbocycles. The van der Waals surface area contributed by atoms with Gasteiger partial charge in [-0.15, -0.1) is 11.3 Å². The van der Waals surface area contributed by atoms with Crippen molar-refractivity contribution in [2.75, 3.05) is 6.61 Å². The van der Waals surface area contributed by atoms with E-state index in [0.717, 1.165) is 17.7 Å². The summed E-state index contributed by atoms with van der Waals surface area (Å²) >= 11 is 1.57. The first-order valence-corrected chi connectivity index (χ1v) is 7.64. The van der Waals surface area contributed by atoms with E-state index in [1.165, 1.54) is 16.5 Å². The highest BCUT2D eigenvalue weighted by Crippen LogP contribution is 2.40. The molecule has 1 nitrogen and oxygen atoms in total. The highest BCUT2D eigenvalue weighted by Gasteiger charge is 2.23. The Morgan fingerprint density at radius 1 is 1.25 bits per heavy atom. The molecule has 1 atom stereocenters. The van der Waals surface area contributed by atoms with Gasteiger partial charge in [0.25, 0.3) is 0 Å². The summed E-state index contributed by atoms with van der Waals surface area (Å²) in [5.41, 5.74) is 1.61. The van der Waals surface area contributed by atoms with Crippen molar-refractivity contribution in [3.05, 3.63) is 40.3 Å². The molecule has 1 aromatic carbocycles. The van der Waals surface area contributed by atoms with Crippen molar-refractivity contribution in [3.8, 4) is 16.2 Å². The Kier molecular flexibility index (Phi) is 3.50. The first-order valence-electron chi connectivity index (χ1n) is 6.83. The second-order valence-corrected chi connectivity index (χ2v) is 6.38. The van der Waals surface area contributed by atoms with Gasteiger partial charge in [0.05, 0.1) is 6.61 Å². The van der Waals surface area contributed by atoms with Crippen LogP contribution in [0.3, 0.4) is 0 Å². The second kappa shape index (κ2) is 5.17. The van der Waals surface area contributed by atoms with Gasteiger partial charge < -0.3 is 4.74 Å². The Balaban J connectivity index is 1.99. The van der Waals surface area contributed by atoms with Crippen molar-refractivity contribution in [2.45, 2.75) is 26.7 Å². The van der Waals surface area contributed by atoms with E-state index in [2.05, 4.69) is 6.92 Å². The first-order chi connectivity index (χ1) is 9.60. The lowest BCUT2D eigenvalue weighted by atomic mass is 10.1. The number of ether oxygens (including phenoxy) is 1. The van der Waals surface area contributed by atoms with Gasteiger partial charge in [-0.2, -0.15) is 4.39 Å². The fourth-order valence-corrected chi connectivity index (χ4v) is 4.07. The monoisotopic (exact) mass is 294 g/mol. The number of halogens is 2. The highest BCUT2D eigenvalue weighted by molar-refractivity contribution is 7.15. The van der Waals surface area contributed by atoms with E-state index in [-0.39, 0.29) is 5.75 Å². The zero-order valence-electron chi connectivity index (χ0n) is 11.5. The summed E-state index contributed by atoms with van der Waals surface area (Å²) in [7, 11) is 0. The largest absolute Gasteiger partial charge is 0.491 e. The molecule has 1 unspecified atom stereocenters. The Bertz CT molecular complexity index is 625. The van der Waals surface area contributed by atoms with Crippen molar-refractivity contribution in [1.82, 2.24) is 0 Å². The molecule has 2 aromatic rings. The van der Waals surface area contributed by atoms with Gasteiger partial charge in [-0.1, -0.05) is 6.92 Å². The highest BCUT2D eigenvalue weighted by atomic mass is 32.1. The topological polar surface area (TPSA) is 9.23 Å². The van der Waals surface area contributed by atoms with E-state index < -0.39 is 11.6 Å². The van der Waals surface area contributed by atoms with Gasteiger partial charge in [0, 0.05) is 15.3 Å². The van der Waals surface area contributed by atoms with Crippen LogP contribution >= 0.6 is 11.3 Å². The average molecular weight is 294 g/mol. The Morgan fingerprint density at radius 2 is 2.05 bits per heavy atom. The number of thiophene rings is 1. The molecular weight excluding hydrogens is 278 g/mol. The molecule has 20 heavy (non-hydrogen) atoms. The molecule has 0 spiro atoms. The molecule has 1 aliphatic rings. The SMILES string of the molecule is CCOc1ccc(-c2cc3c(s2)CC(C)C3)c(F)c1F. The van der Waals surface area contributed by atoms with Crippen LogP contribution in [0, 0.1) is 17.6 Å². The molecule has 0 radical (unpaired) electrons. The number of fused-ring (bicyclic) bond motifs is 1. The molecule has 106 valence electrons. The zero-order chi connectivity index (χ0) is 14.3. The molecule has 0 bridgehead atoms. The summed E-state index contributed by atoms with van der Waals surface area (Å²) in [5.74, 6) is -1.08. The van der Waals surface area contributed by atoms with Crippen LogP contribution in [0.25, 0.3) is 10.4 Å². The lowest BCUT2D eigenvalue weighted by Crippen LogP contribution is -1.98. The normalized spacial score (nSPS) is 17.3. The predicted molar refractivity (Wildman–Crippen MR) is 77.4 cm³/mol. The van der Waals surface area contributed by atoms with Gasteiger partial charge in [0.15, 0.2) is 11.6 Å². The number of hydrogen-bond donors (Lipinski definition) is 0. The average Bonchev–Trinajstić information content (AvgIpc) is 2.92. The minimum atomic E-state index is -0.897. The Hall–Kier alpha value is -1.42. The van der Waals surface area contributed by atoms with Gasteiger partial charge in [-0.25, -0.2) is 4.39 Å². The van der Waals surface area contributed by atoms with E-state index in [1.54, 1.807) is 24.3 Å². The van der Waals surface area contributed by atoms with Crippen LogP contribution in [0.2, 0.25) is 0 Å². The minimum Gasteiger partial charge on any atom is -0.491 e. The summed E-state index contributed by atoms with van der Waals surface area (Å²) in [4.78, 5) is 2.11. The van der Waals surface area contributed by atoms with Crippen molar-refractivity contribution < 1.29 is 13.5 Å². The standard InChI is InChI=1S/C16H16F2OS/c1-3-19-12-5-4-11(15(17)16(12)18)14-8-10-6-9(2)7-13(10)20-14/h4-5,8-9H,3,6-7H2,1-2H3. The zero-order valence-corrected chi connectivity index (χ0v) is 12.3. The molecule has 1 heterocycles. The van der Waals surface area contributed by atoms with Crippen LogP contribution in [0.15, 0.2) is 18.2 Å². The Labute approximate surface area is 121 Å². The number of hydrogen-bond acceptors (Lipinski definition) is 2. The van der Waals surface area contributed by atoms with Crippen LogP contribution < -0.4 is 4.74 Å². The van der Waals surface area contributed by atoms with Gasteiger partial charge in [0.1, 0.15) is 0 Å². The molecule has 3 rings (SSSR count). The summed E-state index contributed by atoms with van der Waals surface area (Å²) in [6.07, 6.45) is 2.08. The quantitative estimate of drug-likeness (QED) is 0.788. The van der Waals surface area contributed by atoms with E-state index in [4.69, 9.17) is 4.74 Å². The third kappa shape index (κ3) is 2.22.